The molecule has 0 aliphatic heterocycles. The van der Waals surface area contributed by atoms with Crippen molar-refractivity contribution in [1.82, 2.24) is 13.7 Å². The molecule has 0 aliphatic rings. The summed E-state index contributed by atoms with van der Waals surface area (Å²) in [5.74, 6) is 0. The first-order valence-corrected chi connectivity index (χ1v) is 18.7. The zero-order chi connectivity index (χ0) is 37.5. The Kier molecular flexibility index (Phi) is 6.83. The summed E-state index contributed by atoms with van der Waals surface area (Å²) in [6.07, 6.45) is 0. The van der Waals surface area contributed by atoms with Crippen molar-refractivity contribution in [3.8, 4) is 40.3 Å². The molecular weight excluding hydrogens is 683 g/mol. The first kappa shape index (κ1) is 31.6. The fraction of sp³-hybridized carbons (Fsp3) is 0.0196. The van der Waals surface area contributed by atoms with Gasteiger partial charge in [-0.2, -0.15) is 10.5 Å². The zero-order valence-corrected chi connectivity index (χ0v) is 30.4. The molecule has 0 atom stereocenters. The molecule has 11 rings (SSSR count). The van der Waals surface area contributed by atoms with Crippen LogP contribution < -0.4 is 0 Å². The smallest absolute Gasteiger partial charge is 0.102 e. The molecule has 0 fully saturated rings. The number of fused-ring (bicyclic) bond motifs is 9. The number of aryl methyl sites for hydroxylation is 1. The molecule has 11 aromatic rings. The van der Waals surface area contributed by atoms with Gasteiger partial charge in [0.25, 0.3) is 0 Å². The van der Waals surface area contributed by atoms with Gasteiger partial charge >= 0.3 is 0 Å². The van der Waals surface area contributed by atoms with Crippen molar-refractivity contribution in [2.45, 2.75) is 6.92 Å². The second-order valence-corrected chi connectivity index (χ2v) is 14.4. The minimum Gasteiger partial charge on any atom is -0.309 e. The first-order chi connectivity index (χ1) is 27.6. The van der Waals surface area contributed by atoms with Gasteiger partial charge in [0.1, 0.15) is 6.07 Å². The van der Waals surface area contributed by atoms with E-state index in [2.05, 4.69) is 166 Å². The second kappa shape index (κ2) is 12.1. The lowest BCUT2D eigenvalue weighted by atomic mass is 9.93. The lowest BCUT2D eigenvalue weighted by molar-refractivity contribution is 1.16. The molecule has 5 heteroatoms. The maximum atomic E-state index is 11.0. The van der Waals surface area contributed by atoms with Crippen LogP contribution in [0.25, 0.3) is 93.6 Å². The van der Waals surface area contributed by atoms with Crippen molar-refractivity contribution >= 4 is 65.4 Å². The Balaban J connectivity index is 1.11. The summed E-state index contributed by atoms with van der Waals surface area (Å²) in [6.45, 7) is 2.08. The quantitative estimate of drug-likeness (QED) is 0.182. The van der Waals surface area contributed by atoms with Crippen molar-refractivity contribution in [3.63, 3.8) is 0 Å². The van der Waals surface area contributed by atoms with Crippen molar-refractivity contribution in [3.05, 3.63) is 187 Å². The molecule has 56 heavy (non-hydrogen) atoms. The van der Waals surface area contributed by atoms with E-state index in [1.165, 1.54) is 32.6 Å². The Bertz CT molecular complexity index is 3470. The van der Waals surface area contributed by atoms with Crippen LogP contribution in [0.4, 0.5) is 0 Å². The summed E-state index contributed by atoms with van der Waals surface area (Å²) < 4.78 is 6.88. The summed E-state index contributed by atoms with van der Waals surface area (Å²) in [6, 6.07) is 64.3. The van der Waals surface area contributed by atoms with Crippen LogP contribution >= 0.6 is 0 Å². The van der Waals surface area contributed by atoms with Crippen molar-refractivity contribution in [2.24, 2.45) is 0 Å². The number of nitriles is 2. The molecule has 0 spiro atoms. The molecule has 3 aromatic heterocycles. The van der Waals surface area contributed by atoms with Gasteiger partial charge in [-0.25, -0.2) is 0 Å². The van der Waals surface area contributed by atoms with E-state index in [1.54, 1.807) is 0 Å². The van der Waals surface area contributed by atoms with Crippen LogP contribution in [0, 0.1) is 29.6 Å². The van der Waals surface area contributed by atoms with Crippen LogP contribution in [0.15, 0.2) is 170 Å². The van der Waals surface area contributed by atoms with Crippen molar-refractivity contribution in [2.75, 3.05) is 0 Å². The van der Waals surface area contributed by atoms with Crippen LogP contribution in [0.5, 0.6) is 0 Å². The van der Waals surface area contributed by atoms with Gasteiger partial charge in [0, 0.05) is 49.3 Å². The number of hydrogen-bond donors (Lipinski definition) is 0. The molecule has 0 N–H and O–H groups in total. The van der Waals surface area contributed by atoms with E-state index in [4.69, 9.17) is 0 Å². The molecule has 260 valence electrons. The van der Waals surface area contributed by atoms with Gasteiger partial charge in [0.2, 0.25) is 0 Å². The number of nitrogens with zero attached hydrogens (tertiary/aromatic N) is 5. The van der Waals surface area contributed by atoms with Gasteiger partial charge in [-0.1, -0.05) is 91.0 Å². The Morgan fingerprint density at radius 2 is 0.893 bits per heavy atom. The predicted octanol–water partition coefficient (Wildman–Crippen LogP) is 12.7. The third-order valence-corrected chi connectivity index (χ3v) is 11.4. The molecule has 0 amide bonds. The van der Waals surface area contributed by atoms with Crippen LogP contribution in [0.3, 0.4) is 0 Å². The SMILES string of the molecule is Cc1ccc(-n2c3ccccc3c3cc(C#N)ccc32)c(C#N)c1-c1cccc(-n2c3ccccc3c3cc(-n4c5ccccc5c5ccccc54)ccc32)c1. The van der Waals surface area contributed by atoms with E-state index >= 15 is 0 Å². The lowest BCUT2D eigenvalue weighted by Gasteiger charge is -2.17. The summed E-state index contributed by atoms with van der Waals surface area (Å²) >= 11 is 0. The van der Waals surface area contributed by atoms with E-state index < -0.39 is 0 Å². The number of hydrogen-bond acceptors (Lipinski definition) is 2. The third-order valence-electron chi connectivity index (χ3n) is 11.4. The van der Waals surface area contributed by atoms with Crippen LogP contribution in [0.1, 0.15) is 16.7 Å². The van der Waals surface area contributed by atoms with Crippen LogP contribution in [-0.4, -0.2) is 13.7 Å². The van der Waals surface area contributed by atoms with Gasteiger partial charge in [0.15, 0.2) is 0 Å². The summed E-state index contributed by atoms with van der Waals surface area (Å²) in [7, 11) is 0. The molecule has 0 radical (unpaired) electrons. The summed E-state index contributed by atoms with van der Waals surface area (Å²) in [5.41, 5.74) is 13.6. The number of rotatable bonds is 4. The molecular formula is C51H31N5. The molecule has 5 nitrogen and oxygen atoms in total. The highest BCUT2D eigenvalue weighted by Gasteiger charge is 2.21. The molecule has 0 bridgehead atoms. The predicted molar refractivity (Wildman–Crippen MR) is 229 cm³/mol. The largest absolute Gasteiger partial charge is 0.309 e. The van der Waals surface area contributed by atoms with E-state index in [1.807, 2.05) is 36.4 Å². The monoisotopic (exact) mass is 713 g/mol. The lowest BCUT2D eigenvalue weighted by Crippen LogP contribution is -2.02. The Labute approximate surface area is 322 Å². The van der Waals surface area contributed by atoms with Gasteiger partial charge in [-0.3, -0.25) is 0 Å². The number of benzene rings is 8. The fourth-order valence-electron chi connectivity index (χ4n) is 9.05. The molecule has 0 saturated carbocycles. The van der Waals surface area contributed by atoms with Crippen LogP contribution in [0.2, 0.25) is 0 Å². The maximum absolute atomic E-state index is 11.0. The molecule has 0 unspecified atom stereocenters. The number of aromatic nitrogens is 3. The average molecular weight is 714 g/mol. The van der Waals surface area contributed by atoms with Gasteiger partial charge in [0.05, 0.1) is 56.0 Å². The van der Waals surface area contributed by atoms with Gasteiger partial charge in [-0.05, 0) is 96.9 Å². The molecule has 3 heterocycles. The minimum absolute atomic E-state index is 0.604. The van der Waals surface area contributed by atoms with Crippen molar-refractivity contribution in [1.29, 1.82) is 10.5 Å². The van der Waals surface area contributed by atoms with E-state index in [0.717, 1.165) is 66.6 Å². The third kappa shape index (κ3) is 4.46. The normalized spacial score (nSPS) is 11.6. The van der Waals surface area contributed by atoms with E-state index in [-0.39, 0.29) is 0 Å². The summed E-state index contributed by atoms with van der Waals surface area (Å²) in [4.78, 5) is 0. The zero-order valence-electron chi connectivity index (χ0n) is 30.4. The highest BCUT2D eigenvalue weighted by Crippen LogP contribution is 2.40. The van der Waals surface area contributed by atoms with E-state index in [0.29, 0.717) is 11.1 Å². The standard InChI is InChI=1S/C51H31N5/c1-32-21-24-50(56-47-20-9-5-15-39(47)41-27-33(30-52)22-25-49(41)56)43(31-53)51(32)34-11-10-12-35(28-34)54-46-19-8-4-16-40(46)42-29-36(23-26-48(42)54)55-44-17-6-2-13-37(44)38-14-3-7-18-45(38)55/h2-29H,1H3. The molecule has 8 aromatic carbocycles. The molecule has 0 saturated heterocycles. The van der Waals surface area contributed by atoms with Gasteiger partial charge in [-0.15, -0.1) is 0 Å². The highest BCUT2D eigenvalue weighted by atomic mass is 15.0. The number of para-hydroxylation sites is 4. The fourth-order valence-corrected chi connectivity index (χ4v) is 9.05. The minimum atomic E-state index is 0.604. The highest BCUT2D eigenvalue weighted by molar-refractivity contribution is 6.13. The van der Waals surface area contributed by atoms with Crippen molar-refractivity contribution < 1.29 is 0 Å². The van der Waals surface area contributed by atoms with E-state index in [9.17, 15) is 10.5 Å². The molecule has 0 aliphatic carbocycles. The van der Waals surface area contributed by atoms with Gasteiger partial charge < -0.3 is 13.7 Å². The first-order valence-electron chi connectivity index (χ1n) is 18.7. The average Bonchev–Trinajstić information content (AvgIpc) is 3.89. The second-order valence-electron chi connectivity index (χ2n) is 14.4. The summed E-state index contributed by atoms with van der Waals surface area (Å²) in [5, 5.41) is 27.5. The topological polar surface area (TPSA) is 62.4 Å². The Morgan fingerprint density at radius 3 is 1.50 bits per heavy atom. The Morgan fingerprint density at radius 1 is 0.393 bits per heavy atom. The maximum Gasteiger partial charge on any atom is 0.102 e. The van der Waals surface area contributed by atoms with Crippen LogP contribution in [-0.2, 0) is 0 Å². The Hall–Kier alpha value is -7.86.